The summed E-state index contributed by atoms with van der Waals surface area (Å²) in [5.41, 5.74) is 0. The number of carboxylic acid groups (broad SMARTS) is 1. The summed E-state index contributed by atoms with van der Waals surface area (Å²) in [4.78, 5) is 10.7. The van der Waals surface area contributed by atoms with E-state index in [9.17, 15) is 4.79 Å². The smallest absolute Gasteiger partial charge is 0.304 e. The molecule has 0 spiro atoms. The average Bonchev–Trinajstić information content (AvgIpc) is 2.69. The molecule has 0 heterocycles. The Morgan fingerprint density at radius 3 is 1.34 bits per heavy atom. The Labute approximate surface area is 183 Å². The molecule has 0 aromatic rings. The van der Waals surface area contributed by atoms with E-state index in [0.717, 1.165) is 13.0 Å². The minimum atomic E-state index is -0.698. The van der Waals surface area contributed by atoms with Crippen LogP contribution in [-0.4, -0.2) is 37.8 Å². The van der Waals surface area contributed by atoms with E-state index < -0.39 is 5.97 Å². The number of carboxylic acids is 1. The first kappa shape index (κ1) is 30.6. The van der Waals surface area contributed by atoms with Gasteiger partial charge in [0.25, 0.3) is 0 Å². The third kappa shape index (κ3) is 29.7. The van der Waals surface area contributed by atoms with E-state index in [1.807, 2.05) is 21.0 Å². The molecule has 0 saturated carbocycles. The standard InChI is InChI=1S/C23H47NO2.C2H7N/c1-3-5-6-7-8-9-10-11-12-13-14-15-16-17-18-19-20-24-22(4-2)21-23(25)26;1-3-2/h22,24H,3-21H2,1-2H3,(H,25,26);3H,1-2H3. The van der Waals surface area contributed by atoms with Crippen molar-refractivity contribution in [2.75, 3.05) is 20.6 Å². The Hall–Kier alpha value is -0.610. The van der Waals surface area contributed by atoms with Gasteiger partial charge in [0.1, 0.15) is 0 Å². The van der Waals surface area contributed by atoms with Gasteiger partial charge in [0.2, 0.25) is 0 Å². The van der Waals surface area contributed by atoms with Crippen molar-refractivity contribution in [2.45, 2.75) is 135 Å². The fourth-order valence-electron chi connectivity index (χ4n) is 3.55. The monoisotopic (exact) mass is 414 g/mol. The third-order valence-electron chi connectivity index (χ3n) is 5.38. The van der Waals surface area contributed by atoms with Gasteiger partial charge in [0, 0.05) is 6.04 Å². The highest BCUT2D eigenvalue weighted by Crippen LogP contribution is 2.13. The molecule has 0 radical (unpaired) electrons. The van der Waals surface area contributed by atoms with Crippen LogP contribution in [0.4, 0.5) is 0 Å². The fourth-order valence-corrected chi connectivity index (χ4v) is 3.55. The van der Waals surface area contributed by atoms with Crippen LogP contribution < -0.4 is 10.6 Å². The molecule has 3 N–H and O–H groups in total. The maximum atomic E-state index is 10.7. The maximum absolute atomic E-state index is 10.7. The lowest BCUT2D eigenvalue weighted by Crippen LogP contribution is -2.31. The Kier molecular flexibility index (Phi) is 28.9. The molecule has 0 bridgehead atoms. The molecule has 1 atom stereocenters. The minimum absolute atomic E-state index is 0.142. The van der Waals surface area contributed by atoms with Gasteiger partial charge in [-0.1, -0.05) is 110 Å². The van der Waals surface area contributed by atoms with Gasteiger partial charge in [0.05, 0.1) is 6.42 Å². The van der Waals surface area contributed by atoms with Crippen molar-refractivity contribution < 1.29 is 9.90 Å². The van der Waals surface area contributed by atoms with E-state index in [4.69, 9.17) is 5.11 Å². The Morgan fingerprint density at radius 1 is 0.690 bits per heavy atom. The topological polar surface area (TPSA) is 61.4 Å². The average molecular weight is 415 g/mol. The van der Waals surface area contributed by atoms with E-state index in [1.165, 1.54) is 103 Å². The predicted molar refractivity (Wildman–Crippen MR) is 129 cm³/mol. The molecule has 0 aliphatic rings. The molecule has 4 heteroatoms. The van der Waals surface area contributed by atoms with Crippen LogP contribution in [0.3, 0.4) is 0 Å². The Balaban J connectivity index is 0. The number of hydrogen-bond donors (Lipinski definition) is 3. The van der Waals surface area contributed by atoms with Gasteiger partial charge in [-0.05, 0) is 33.5 Å². The van der Waals surface area contributed by atoms with Crippen molar-refractivity contribution >= 4 is 5.97 Å². The summed E-state index contributed by atoms with van der Waals surface area (Å²) < 4.78 is 0. The molecule has 0 amide bonds. The number of carbonyl (C=O) groups is 1. The zero-order chi connectivity index (χ0) is 22.0. The molecule has 0 aliphatic heterocycles. The summed E-state index contributed by atoms with van der Waals surface area (Å²) >= 11 is 0. The van der Waals surface area contributed by atoms with Crippen molar-refractivity contribution in [3.05, 3.63) is 0 Å². The third-order valence-corrected chi connectivity index (χ3v) is 5.38. The summed E-state index contributed by atoms with van der Waals surface area (Å²) in [6.07, 6.45) is 23.4. The summed E-state index contributed by atoms with van der Waals surface area (Å²) in [5.74, 6) is -0.698. The first-order valence-corrected chi connectivity index (χ1v) is 12.7. The molecule has 29 heavy (non-hydrogen) atoms. The first-order chi connectivity index (χ1) is 14.1. The molecule has 0 rings (SSSR count). The zero-order valence-corrected chi connectivity index (χ0v) is 20.4. The van der Waals surface area contributed by atoms with Crippen LogP contribution in [-0.2, 0) is 4.79 Å². The maximum Gasteiger partial charge on any atom is 0.304 e. The van der Waals surface area contributed by atoms with E-state index in [-0.39, 0.29) is 12.5 Å². The normalized spacial score (nSPS) is 11.7. The molecule has 4 nitrogen and oxygen atoms in total. The second kappa shape index (κ2) is 27.4. The molecule has 0 aromatic heterocycles. The van der Waals surface area contributed by atoms with Crippen LogP contribution in [0.25, 0.3) is 0 Å². The van der Waals surface area contributed by atoms with Crippen LogP contribution >= 0.6 is 0 Å². The lowest BCUT2D eigenvalue weighted by Gasteiger charge is -2.14. The largest absolute Gasteiger partial charge is 0.481 e. The highest BCUT2D eigenvalue weighted by Gasteiger charge is 2.09. The van der Waals surface area contributed by atoms with Crippen LogP contribution in [0.15, 0.2) is 0 Å². The minimum Gasteiger partial charge on any atom is -0.481 e. The van der Waals surface area contributed by atoms with Gasteiger partial charge < -0.3 is 15.7 Å². The number of unbranched alkanes of at least 4 members (excludes halogenated alkanes) is 15. The number of rotatable bonds is 21. The SMILES string of the molecule is CCCCCCCCCCCCCCCCCCNC(CC)CC(=O)O.CNC. The van der Waals surface area contributed by atoms with Crippen molar-refractivity contribution in [3.63, 3.8) is 0 Å². The summed E-state index contributed by atoms with van der Waals surface area (Å²) in [6, 6.07) is 0.142. The van der Waals surface area contributed by atoms with E-state index in [2.05, 4.69) is 17.6 Å². The fraction of sp³-hybridized carbons (Fsp3) is 0.960. The quantitative estimate of drug-likeness (QED) is 0.178. The van der Waals surface area contributed by atoms with Gasteiger partial charge in [-0.25, -0.2) is 0 Å². The lowest BCUT2D eigenvalue weighted by molar-refractivity contribution is -0.137. The Morgan fingerprint density at radius 2 is 1.03 bits per heavy atom. The van der Waals surface area contributed by atoms with Gasteiger partial charge in [-0.3, -0.25) is 4.79 Å². The molecule has 1 unspecified atom stereocenters. The van der Waals surface area contributed by atoms with Crippen molar-refractivity contribution in [1.29, 1.82) is 0 Å². The Bertz CT molecular complexity index is 311. The van der Waals surface area contributed by atoms with E-state index in [0.29, 0.717) is 0 Å². The van der Waals surface area contributed by atoms with Crippen molar-refractivity contribution in [1.82, 2.24) is 10.6 Å². The zero-order valence-electron chi connectivity index (χ0n) is 20.4. The molecule has 0 saturated heterocycles. The van der Waals surface area contributed by atoms with Crippen LogP contribution in [0.5, 0.6) is 0 Å². The van der Waals surface area contributed by atoms with Gasteiger partial charge in [-0.15, -0.1) is 0 Å². The van der Waals surface area contributed by atoms with Crippen LogP contribution in [0, 0.1) is 0 Å². The summed E-state index contributed by atoms with van der Waals surface area (Å²) in [5, 5.41) is 14.9. The lowest BCUT2D eigenvalue weighted by atomic mass is 10.0. The number of hydrogen-bond acceptors (Lipinski definition) is 3. The molecule has 0 aromatic carbocycles. The van der Waals surface area contributed by atoms with Crippen molar-refractivity contribution in [2.24, 2.45) is 0 Å². The predicted octanol–water partition coefficient (Wildman–Crippen LogP) is 6.93. The van der Waals surface area contributed by atoms with Gasteiger partial charge in [0.15, 0.2) is 0 Å². The van der Waals surface area contributed by atoms with Gasteiger partial charge in [-0.2, -0.15) is 0 Å². The van der Waals surface area contributed by atoms with Crippen LogP contribution in [0.2, 0.25) is 0 Å². The summed E-state index contributed by atoms with van der Waals surface area (Å²) in [7, 11) is 3.75. The van der Waals surface area contributed by atoms with Crippen LogP contribution in [0.1, 0.15) is 129 Å². The van der Waals surface area contributed by atoms with Crippen molar-refractivity contribution in [3.8, 4) is 0 Å². The summed E-state index contributed by atoms with van der Waals surface area (Å²) in [6.45, 7) is 5.29. The number of aliphatic carboxylic acids is 1. The first-order valence-electron chi connectivity index (χ1n) is 12.7. The molecule has 176 valence electrons. The molecule has 0 fully saturated rings. The highest BCUT2D eigenvalue weighted by molar-refractivity contribution is 5.67. The molecular formula is C25H54N2O2. The second-order valence-electron chi connectivity index (χ2n) is 8.46. The van der Waals surface area contributed by atoms with Gasteiger partial charge >= 0.3 is 5.97 Å². The molecule has 0 aliphatic carbocycles. The highest BCUT2D eigenvalue weighted by atomic mass is 16.4. The number of nitrogens with one attached hydrogen (secondary N) is 2. The van der Waals surface area contributed by atoms with E-state index >= 15 is 0 Å². The van der Waals surface area contributed by atoms with E-state index in [1.54, 1.807) is 0 Å². The molecular weight excluding hydrogens is 360 g/mol. The second-order valence-corrected chi connectivity index (χ2v) is 8.46.